The van der Waals surface area contributed by atoms with Gasteiger partial charge in [-0.25, -0.2) is 4.99 Å². The number of hydrogen-bond donors (Lipinski definition) is 1. The average Bonchev–Trinajstić information content (AvgIpc) is 2.93. The molecular weight excluding hydrogens is 364 g/mol. The van der Waals surface area contributed by atoms with Gasteiger partial charge in [0.15, 0.2) is 16.7 Å². The molecule has 1 heterocycles. The van der Waals surface area contributed by atoms with Crippen molar-refractivity contribution in [1.29, 1.82) is 0 Å². The van der Waals surface area contributed by atoms with Crippen molar-refractivity contribution < 1.29 is 19.4 Å². The number of ether oxygens (including phenoxy) is 2. The molecule has 0 spiro atoms. The number of methoxy groups -OCH3 is 1. The first-order valence-electron chi connectivity index (χ1n) is 8.38. The zero-order valence-electron chi connectivity index (χ0n) is 15.3. The second-order valence-electron chi connectivity index (χ2n) is 5.69. The number of aliphatic imine (C=N–C) groups is 1. The summed E-state index contributed by atoms with van der Waals surface area (Å²) in [5, 5.41) is 10.9. The molecule has 1 aliphatic rings. The number of carbonyl (C=O) groups excluding carboxylic acids is 1. The van der Waals surface area contributed by atoms with Crippen LogP contribution in [0.1, 0.15) is 12.5 Å². The summed E-state index contributed by atoms with van der Waals surface area (Å²) in [6.07, 6.45) is 1.65. The fraction of sp³-hybridized carbons (Fsp3) is 0.200. The standard InChI is InChI=1S/C20H20N2O4S/c1-4-26-16-7-5-6-13(18(16)23)12-17-19(24)22(2)20(27-17)21-14-8-10-15(25-3)11-9-14/h5-12,23H,4H2,1-3H3/b17-12-,21-20?. The van der Waals surface area contributed by atoms with Gasteiger partial charge in [-0.15, -0.1) is 0 Å². The summed E-state index contributed by atoms with van der Waals surface area (Å²) in [5.74, 6) is 0.979. The molecule has 0 atom stereocenters. The van der Waals surface area contributed by atoms with E-state index in [0.29, 0.717) is 28.0 Å². The number of phenols is 1. The first-order valence-corrected chi connectivity index (χ1v) is 9.20. The fourth-order valence-corrected chi connectivity index (χ4v) is 3.47. The van der Waals surface area contributed by atoms with Gasteiger partial charge in [0.05, 0.1) is 24.3 Å². The number of phenolic OH excluding ortho intramolecular Hbond substituents is 1. The minimum Gasteiger partial charge on any atom is -0.504 e. The second-order valence-corrected chi connectivity index (χ2v) is 6.70. The molecule has 1 fully saturated rings. The van der Waals surface area contributed by atoms with Crippen molar-refractivity contribution in [2.45, 2.75) is 6.92 Å². The molecular formula is C20H20N2O4S. The van der Waals surface area contributed by atoms with Crippen LogP contribution >= 0.6 is 11.8 Å². The molecule has 0 saturated carbocycles. The summed E-state index contributed by atoms with van der Waals surface area (Å²) in [7, 11) is 3.28. The molecule has 1 N–H and O–H groups in total. The lowest BCUT2D eigenvalue weighted by Crippen LogP contribution is -2.23. The number of benzene rings is 2. The maximum Gasteiger partial charge on any atom is 0.266 e. The second kappa shape index (κ2) is 8.18. The molecule has 1 saturated heterocycles. The highest BCUT2D eigenvalue weighted by Crippen LogP contribution is 2.37. The molecule has 0 bridgehead atoms. The predicted octanol–water partition coefficient (Wildman–Crippen LogP) is 4.03. The van der Waals surface area contributed by atoms with Gasteiger partial charge < -0.3 is 14.6 Å². The number of amidine groups is 1. The monoisotopic (exact) mass is 384 g/mol. The van der Waals surface area contributed by atoms with Crippen molar-refractivity contribution in [1.82, 2.24) is 4.90 Å². The van der Waals surface area contributed by atoms with E-state index in [1.807, 2.05) is 31.2 Å². The Hall–Kier alpha value is -2.93. The van der Waals surface area contributed by atoms with Crippen LogP contribution in [0.4, 0.5) is 5.69 Å². The smallest absolute Gasteiger partial charge is 0.266 e. The van der Waals surface area contributed by atoms with E-state index in [2.05, 4.69) is 4.99 Å². The molecule has 140 valence electrons. The third kappa shape index (κ3) is 4.09. The largest absolute Gasteiger partial charge is 0.504 e. The topological polar surface area (TPSA) is 71.4 Å². The fourth-order valence-electron chi connectivity index (χ4n) is 2.49. The van der Waals surface area contributed by atoms with Crippen LogP contribution in [0.2, 0.25) is 0 Å². The molecule has 1 amide bonds. The molecule has 1 aliphatic heterocycles. The Balaban J connectivity index is 1.88. The molecule has 3 rings (SSSR count). The molecule has 27 heavy (non-hydrogen) atoms. The van der Waals surface area contributed by atoms with Gasteiger partial charge in [-0.05, 0) is 55.1 Å². The highest BCUT2D eigenvalue weighted by Gasteiger charge is 2.30. The van der Waals surface area contributed by atoms with Gasteiger partial charge in [0.2, 0.25) is 0 Å². The van der Waals surface area contributed by atoms with Crippen molar-refractivity contribution >= 4 is 34.6 Å². The Morgan fingerprint density at radius 3 is 2.63 bits per heavy atom. The zero-order chi connectivity index (χ0) is 19.4. The number of amides is 1. The summed E-state index contributed by atoms with van der Waals surface area (Å²) >= 11 is 1.26. The number of rotatable bonds is 5. The molecule has 2 aromatic rings. The van der Waals surface area contributed by atoms with E-state index in [-0.39, 0.29) is 11.7 Å². The van der Waals surface area contributed by atoms with Gasteiger partial charge in [0, 0.05) is 12.6 Å². The number of hydrogen-bond acceptors (Lipinski definition) is 6. The van der Waals surface area contributed by atoms with Crippen molar-refractivity contribution in [3.05, 3.63) is 52.9 Å². The van der Waals surface area contributed by atoms with Gasteiger partial charge in [0.1, 0.15) is 5.75 Å². The van der Waals surface area contributed by atoms with Crippen molar-refractivity contribution in [2.24, 2.45) is 4.99 Å². The molecule has 0 unspecified atom stereocenters. The summed E-state index contributed by atoms with van der Waals surface area (Å²) in [4.78, 5) is 19.1. The quantitative estimate of drug-likeness (QED) is 0.788. The Kier molecular flexibility index (Phi) is 5.71. The minimum absolute atomic E-state index is 0.0171. The number of para-hydroxylation sites is 1. The van der Waals surface area contributed by atoms with E-state index in [1.165, 1.54) is 16.7 Å². The molecule has 2 aromatic carbocycles. The number of nitrogens with zero attached hydrogens (tertiary/aromatic N) is 2. The predicted molar refractivity (Wildman–Crippen MR) is 108 cm³/mol. The van der Waals surface area contributed by atoms with Crippen LogP contribution in [-0.4, -0.2) is 41.8 Å². The lowest BCUT2D eigenvalue weighted by Gasteiger charge is -2.08. The van der Waals surface area contributed by atoms with Crippen molar-refractivity contribution in [3.63, 3.8) is 0 Å². The summed E-state index contributed by atoms with van der Waals surface area (Å²) in [6.45, 7) is 2.29. The Morgan fingerprint density at radius 2 is 1.96 bits per heavy atom. The highest BCUT2D eigenvalue weighted by molar-refractivity contribution is 8.18. The Morgan fingerprint density at radius 1 is 1.22 bits per heavy atom. The average molecular weight is 384 g/mol. The lowest BCUT2D eigenvalue weighted by atomic mass is 10.1. The van der Waals surface area contributed by atoms with Gasteiger partial charge >= 0.3 is 0 Å². The first-order chi connectivity index (χ1) is 13.0. The van der Waals surface area contributed by atoms with E-state index in [4.69, 9.17) is 9.47 Å². The van der Waals surface area contributed by atoms with Crippen LogP contribution in [0.15, 0.2) is 52.4 Å². The van der Waals surface area contributed by atoms with E-state index in [0.717, 1.165) is 11.4 Å². The Bertz CT molecular complexity index is 907. The zero-order valence-corrected chi connectivity index (χ0v) is 16.1. The SMILES string of the molecule is CCOc1cccc(/C=C2\SC(=Nc3ccc(OC)cc3)N(C)C2=O)c1O. The molecule has 0 radical (unpaired) electrons. The minimum atomic E-state index is -0.173. The van der Waals surface area contributed by atoms with Crippen LogP contribution in [0.3, 0.4) is 0 Å². The van der Waals surface area contributed by atoms with Gasteiger partial charge in [-0.1, -0.05) is 12.1 Å². The van der Waals surface area contributed by atoms with E-state index >= 15 is 0 Å². The molecule has 0 aromatic heterocycles. The summed E-state index contributed by atoms with van der Waals surface area (Å²) in [5.41, 5.74) is 1.25. The van der Waals surface area contributed by atoms with Crippen LogP contribution < -0.4 is 9.47 Å². The summed E-state index contributed by atoms with van der Waals surface area (Å²) < 4.78 is 10.5. The maximum absolute atomic E-state index is 12.6. The van der Waals surface area contributed by atoms with Crippen LogP contribution in [0, 0.1) is 0 Å². The lowest BCUT2D eigenvalue weighted by molar-refractivity contribution is -0.121. The van der Waals surface area contributed by atoms with E-state index in [1.54, 1.807) is 38.4 Å². The molecule has 6 nitrogen and oxygen atoms in total. The third-order valence-electron chi connectivity index (χ3n) is 3.92. The van der Waals surface area contributed by atoms with E-state index < -0.39 is 0 Å². The Labute approximate surface area is 162 Å². The normalized spacial score (nSPS) is 17.0. The van der Waals surface area contributed by atoms with Gasteiger partial charge in [0.25, 0.3) is 5.91 Å². The van der Waals surface area contributed by atoms with Gasteiger partial charge in [-0.3, -0.25) is 9.69 Å². The number of thioether (sulfide) groups is 1. The van der Waals surface area contributed by atoms with Crippen molar-refractivity contribution in [2.75, 3.05) is 20.8 Å². The van der Waals surface area contributed by atoms with Crippen LogP contribution in [-0.2, 0) is 4.79 Å². The molecule has 7 heteroatoms. The number of aromatic hydroxyl groups is 1. The van der Waals surface area contributed by atoms with Crippen LogP contribution in [0.25, 0.3) is 6.08 Å². The number of carbonyl (C=O) groups is 1. The van der Waals surface area contributed by atoms with Gasteiger partial charge in [-0.2, -0.15) is 0 Å². The van der Waals surface area contributed by atoms with Crippen molar-refractivity contribution in [3.8, 4) is 17.2 Å². The maximum atomic E-state index is 12.6. The molecule has 0 aliphatic carbocycles. The third-order valence-corrected chi connectivity index (χ3v) is 4.98. The van der Waals surface area contributed by atoms with E-state index in [9.17, 15) is 9.90 Å². The highest BCUT2D eigenvalue weighted by atomic mass is 32.2. The first kappa shape index (κ1) is 18.8. The van der Waals surface area contributed by atoms with Crippen LogP contribution in [0.5, 0.6) is 17.2 Å². The summed E-state index contributed by atoms with van der Waals surface area (Å²) in [6, 6.07) is 12.5. The number of likely N-dealkylation sites (N-methyl/N-ethyl adjacent to an activating group) is 1.